The minimum absolute atomic E-state index is 0.0995. The lowest BCUT2D eigenvalue weighted by atomic mass is 10.0. The van der Waals surface area contributed by atoms with E-state index in [9.17, 15) is 4.79 Å². The minimum atomic E-state index is -0.168. The van der Waals surface area contributed by atoms with Crippen LogP contribution in [0.1, 0.15) is 53.2 Å². The Morgan fingerprint density at radius 2 is 1.89 bits per heavy atom. The first kappa shape index (κ1) is 25.4. The van der Waals surface area contributed by atoms with Crippen LogP contribution in [-0.2, 0) is 19.6 Å². The molecule has 196 valence electrons. The second-order valence-electron chi connectivity index (χ2n) is 9.58. The summed E-state index contributed by atoms with van der Waals surface area (Å²) in [7, 11) is 1.67. The number of rotatable bonds is 10. The summed E-state index contributed by atoms with van der Waals surface area (Å²) >= 11 is 0. The number of nitrogens with zero attached hydrogens (tertiary/aromatic N) is 5. The molecule has 9 nitrogen and oxygen atoms in total. The van der Waals surface area contributed by atoms with Gasteiger partial charge in [-0.3, -0.25) is 9.69 Å². The van der Waals surface area contributed by atoms with Crippen molar-refractivity contribution in [1.29, 1.82) is 0 Å². The Morgan fingerprint density at radius 1 is 1.08 bits per heavy atom. The zero-order chi connectivity index (χ0) is 26.6. The molecule has 0 bridgehead atoms. The Kier molecular flexibility index (Phi) is 7.37. The van der Waals surface area contributed by atoms with Crippen LogP contribution in [0.3, 0.4) is 0 Å². The molecule has 0 fully saturated rings. The Morgan fingerprint density at radius 3 is 2.66 bits per heavy atom. The maximum atomic E-state index is 13.3. The van der Waals surface area contributed by atoms with Gasteiger partial charge in [-0.2, -0.15) is 0 Å². The summed E-state index contributed by atoms with van der Waals surface area (Å²) in [6.45, 7) is 7.57. The molecule has 2 aromatic carbocycles. The number of aromatic nitrogens is 5. The van der Waals surface area contributed by atoms with E-state index in [4.69, 9.17) is 9.15 Å². The molecule has 0 unspecified atom stereocenters. The number of ether oxygens (including phenoxy) is 1. The zero-order valence-corrected chi connectivity index (χ0v) is 22.1. The number of methoxy groups -OCH3 is 1. The molecule has 9 heteroatoms. The fourth-order valence-electron chi connectivity index (χ4n) is 5.10. The third-order valence-electron chi connectivity index (χ3n) is 6.90. The van der Waals surface area contributed by atoms with E-state index in [1.54, 1.807) is 18.1 Å². The third-order valence-corrected chi connectivity index (χ3v) is 6.90. The largest absolute Gasteiger partial charge is 0.496 e. The molecule has 0 saturated carbocycles. The highest BCUT2D eigenvalue weighted by molar-refractivity contribution is 5.83. The van der Waals surface area contributed by atoms with Crippen molar-refractivity contribution in [2.45, 2.75) is 52.9 Å². The van der Waals surface area contributed by atoms with Crippen molar-refractivity contribution >= 4 is 10.9 Å². The predicted octanol–water partition coefficient (Wildman–Crippen LogP) is 4.93. The molecule has 1 atom stereocenters. The van der Waals surface area contributed by atoms with Gasteiger partial charge in [-0.1, -0.05) is 31.2 Å². The number of para-hydroxylation sites is 1. The summed E-state index contributed by atoms with van der Waals surface area (Å²) in [6, 6.07) is 17.7. The molecule has 0 amide bonds. The highest BCUT2D eigenvalue weighted by Crippen LogP contribution is 2.30. The Labute approximate surface area is 221 Å². The van der Waals surface area contributed by atoms with Crippen LogP contribution >= 0.6 is 0 Å². The number of fused-ring (bicyclic) bond motifs is 1. The topological polar surface area (TPSA) is 102 Å². The molecule has 38 heavy (non-hydrogen) atoms. The summed E-state index contributed by atoms with van der Waals surface area (Å²) in [6.07, 6.45) is 2.37. The van der Waals surface area contributed by atoms with Gasteiger partial charge in [0.15, 0.2) is 5.82 Å². The number of hydrogen-bond acceptors (Lipinski definition) is 7. The van der Waals surface area contributed by atoms with Crippen LogP contribution in [0, 0.1) is 13.8 Å². The van der Waals surface area contributed by atoms with Gasteiger partial charge in [0.1, 0.15) is 18.1 Å². The standard InChI is InChI=1S/C29H32N6O3/c1-5-26(28-31-32-33-35(28)18-23-10-8-12-38-23)34(16-21-9-6-7-11-27(21)37-4)17-22-15-24-20(3)13-19(2)14-25(24)30-29(22)36/h6-15,26H,5,16-18H2,1-4H3,(H,30,36)/t26-/m1/s1. The van der Waals surface area contributed by atoms with E-state index in [1.807, 2.05) is 55.5 Å². The molecular weight excluding hydrogens is 480 g/mol. The highest BCUT2D eigenvalue weighted by atomic mass is 16.5. The van der Waals surface area contributed by atoms with Gasteiger partial charge in [0, 0.05) is 35.1 Å². The Hall–Kier alpha value is -4.24. The van der Waals surface area contributed by atoms with E-state index in [0.717, 1.165) is 45.5 Å². The van der Waals surface area contributed by atoms with Crippen molar-refractivity contribution < 1.29 is 9.15 Å². The van der Waals surface area contributed by atoms with Crippen LogP contribution in [-0.4, -0.2) is 37.2 Å². The molecule has 0 aliphatic carbocycles. The normalized spacial score (nSPS) is 12.3. The van der Waals surface area contributed by atoms with Gasteiger partial charge in [-0.05, 0) is 72.2 Å². The molecule has 5 aromatic rings. The van der Waals surface area contributed by atoms with Gasteiger partial charge in [0.05, 0.1) is 19.4 Å². The molecule has 3 heterocycles. The molecule has 0 aliphatic heterocycles. The first-order chi connectivity index (χ1) is 18.5. The maximum absolute atomic E-state index is 13.3. The monoisotopic (exact) mass is 512 g/mol. The van der Waals surface area contributed by atoms with E-state index in [2.05, 4.69) is 45.3 Å². The third kappa shape index (κ3) is 5.24. The van der Waals surface area contributed by atoms with Crippen LogP contribution in [0.15, 0.2) is 70.1 Å². The number of benzene rings is 2. The Bertz CT molecular complexity index is 1590. The molecule has 0 radical (unpaired) electrons. The average molecular weight is 513 g/mol. The molecule has 0 aliphatic rings. The average Bonchev–Trinajstić information content (AvgIpc) is 3.58. The lowest BCUT2D eigenvalue weighted by Crippen LogP contribution is -2.32. The van der Waals surface area contributed by atoms with Crippen LogP contribution < -0.4 is 10.3 Å². The number of aryl methyl sites for hydroxylation is 2. The molecule has 1 N–H and O–H groups in total. The second kappa shape index (κ2) is 11.0. The highest BCUT2D eigenvalue weighted by Gasteiger charge is 2.27. The van der Waals surface area contributed by atoms with Crippen LogP contribution in [0.25, 0.3) is 10.9 Å². The molecular formula is C29H32N6O3. The smallest absolute Gasteiger partial charge is 0.252 e. The Balaban J connectivity index is 1.56. The van der Waals surface area contributed by atoms with Crippen molar-refractivity contribution in [2.24, 2.45) is 0 Å². The fraction of sp³-hybridized carbons (Fsp3) is 0.310. The minimum Gasteiger partial charge on any atom is -0.496 e. The quantitative estimate of drug-likeness (QED) is 0.283. The van der Waals surface area contributed by atoms with Crippen molar-refractivity contribution in [3.63, 3.8) is 0 Å². The number of pyridine rings is 1. The van der Waals surface area contributed by atoms with E-state index < -0.39 is 0 Å². The molecule has 0 spiro atoms. The van der Waals surface area contributed by atoms with Gasteiger partial charge >= 0.3 is 0 Å². The first-order valence-electron chi connectivity index (χ1n) is 12.7. The number of nitrogens with one attached hydrogen (secondary N) is 1. The van der Waals surface area contributed by atoms with E-state index in [-0.39, 0.29) is 11.6 Å². The predicted molar refractivity (Wildman–Crippen MR) is 145 cm³/mol. The zero-order valence-electron chi connectivity index (χ0n) is 22.1. The van der Waals surface area contributed by atoms with Crippen LogP contribution in [0.5, 0.6) is 5.75 Å². The van der Waals surface area contributed by atoms with E-state index in [0.29, 0.717) is 31.0 Å². The molecule has 3 aromatic heterocycles. The number of tetrazole rings is 1. The summed E-state index contributed by atoms with van der Waals surface area (Å²) < 4.78 is 13.0. The number of furan rings is 1. The van der Waals surface area contributed by atoms with Gasteiger partial charge in [-0.15, -0.1) is 5.10 Å². The van der Waals surface area contributed by atoms with E-state index in [1.165, 1.54) is 0 Å². The fourth-order valence-corrected chi connectivity index (χ4v) is 5.10. The number of hydrogen-bond donors (Lipinski definition) is 1. The van der Waals surface area contributed by atoms with Gasteiger partial charge in [0.2, 0.25) is 0 Å². The van der Waals surface area contributed by atoms with Crippen molar-refractivity contribution in [3.05, 3.63) is 105 Å². The van der Waals surface area contributed by atoms with Crippen molar-refractivity contribution in [3.8, 4) is 5.75 Å². The van der Waals surface area contributed by atoms with Crippen molar-refractivity contribution in [1.82, 2.24) is 30.1 Å². The lowest BCUT2D eigenvalue weighted by Gasteiger charge is -2.30. The maximum Gasteiger partial charge on any atom is 0.252 e. The second-order valence-corrected chi connectivity index (χ2v) is 9.58. The number of aromatic amines is 1. The summed E-state index contributed by atoms with van der Waals surface area (Å²) in [5, 5.41) is 13.7. The lowest BCUT2D eigenvalue weighted by molar-refractivity contribution is 0.159. The van der Waals surface area contributed by atoms with Gasteiger partial charge in [0.25, 0.3) is 5.56 Å². The SMILES string of the molecule is CC[C@H](c1nnnn1Cc1ccco1)N(Cc1ccccc1OC)Cc1cc2c(C)cc(C)cc2[nH]c1=O. The van der Waals surface area contributed by atoms with Crippen LogP contribution in [0.2, 0.25) is 0 Å². The van der Waals surface area contributed by atoms with Crippen molar-refractivity contribution in [2.75, 3.05) is 7.11 Å². The van der Waals surface area contributed by atoms with Gasteiger partial charge in [-0.25, -0.2) is 4.68 Å². The first-order valence-corrected chi connectivity index (χ1v) is 12.7. The van der Waals surface area contributed by atoms with Gasteiger partial charge < -0.3 is 14.1 Å². The molecule has 0 saturated heterocycles. The molecule has 5 rings (SSSR count). The van der Waals surface area contributed by atoms with E-state index >= 15 is 0 Å². The summed E-state index contributed by atoms with van der Waals surface area (Å²) in [4.78, 5) is 18.6. The number of H-pyrrole nitrogens is 1. The van der Waals surface area contributed by atoms with Crippen LogP contribution in [0.4, 0.5) is 0 Å². The summed E-state index contributed by atoms with van der Waals surface area (Å²) in [5.74, 6) is 2.27. The summed E-state index contributed by atoms with van der Waals surface area (Å²) in [5.41, 5.74) is 4.69.